The zero-order chi connectivity index (χ0) is 12.2. The van der Waals surface area contributed by atoms with Crippen molar-refractivity contribution in [2.45, 2.75) is 19.0 Å². The van der Waals surface area contributed by atoms with E-state index in [-0.39, 0.29) is 6.10 Å². The molecule has 0 heterocycles. The SMILES string of the molecule is CC(F)(F)COC(CI)c1ccccc1Cl. The molecule has 0 bridgehead atoms. The quantitative estimate of drug-likeness (QED) is 0.555. The molecule has 1 aromatic rings. The molecule has 1 nitrogen and oxygen atoms in total. The second-order valence-corrected chi connectivity index (χ2v) is 4.83. The van der Waals surface area contributed by atoms with Crippen molar-refractivity contribution in [3.05, 3.63) is 34.9 Å². The summed E-state index contributed by atoms with van der Waals surface area (Å²) in [5.41, 5.74) is 0.753. The van der Waals surface area contributed by atoms with E-state index in [4.69, 9.17) is 16.3 Å². The molecule has 1 aromatic carbocycles. The van der Waals surface area contributed by atoms with Crippen LogP contribution in [0, 0.1) is 0 Å². The van der Waals surface area contributed by atoms with Crippen LogP contribution in [0.5, 0.6) is 0 Å². The fraction of sp³-hybridized carbons (Fsp3) is 0.455. The van der Waals surface area contributed by atoms with E-state index in [9.17, 15) is 8.78 Å². The van der Waals surface area contributed by atoms with Gasteiger partial charge in [-0.25, -0.2) is 8.78 Å². The van der Waals surface area contributed by atoms with Crippen molar-refractivity contribution in [1.29, 1.82) is 0 Å². The monoisotopic (exact) mass is 360 g/mol. The van der Waals surface area contributed by atoms with Crippen molar-refractivity contribution in [3.63, 3.8) is 0 Å². The van der Waals surface area contributed by atoms with Gasteiger partial charge >= 0.3 is 0 Å². The van der Waals surface area contributed by atoms with Gasteiger partial charge in [-0.1, -0.05) is 52.4 Å². The smallest absolute Gasteiger partial charge is 0.268 e. The molecule has 0 saturated carbocycles. The molecule has 1 unspecified atom stereocenters. The van der Waals surface area contributed by atoms with Crippen LogP contribution in [0.1, 0.15) is 18.6 Å². The van der Waals surface area contributed by atoms with E-state index in [1.807, 2.05) is 6.07 Å². The highest BCUT2D eigenvalue weighted by Crippen LogP contribution is 2.28. The molecule has 0 aliphatic rings. The molecular formula is C11H12ClF2IO. The fourth-order valence-corrected chi connectivity index (χ4v) is 2.19. The summed E-state index contributed by atoms with van der Waals surface area (Å²) in [5.74, 6) is -2.81. The highest BCUT2D eigenvalue weighted by molar-refractivity contribution is 14.1. The van der Waals surface area contributed by atoms with Crippen LogP contribution in [-0.2, 0) is 4.74 Å². The van der Waals surface area contributed by atoms with Gasteiger partial charge in [-0.3, -0.25) is 0 Å². The Hall–Kier alpha value is 0.0600. The number of rotatable bonds is 5. The van der Waals surface area contributed by atoms with Crippen LogP contribution in [-0.4, -0.2) is 17.0 Å². The number of hydrogen-bond acceptors (Lipinski definition) is 1. The molecular weight excluding hydrogens is 348 g/mol. The summed E-state index contributed by atoms with van der Waals surface area (Å²) < 4.78 is 31.1. The highest BCUT2D eigenvalue weighted by atomic mass is 127. The van der Waals surface area contributed by atoms with Crippen LogP contribution in [0.2, 0.25) is 5.02 Å². The molecule has 0 N–H and O–H groups in total. The Morgan fingerprint density at radius 3 is 2.56 bits per heavy atom. The highest BCUT2D eigenvalue weighted by Gasteiger charge is 2.24. The molecule has 0 saturated heterocycles. The lowest BCUT2D eigenvalue weighted by Crippen LogP contribution is -2.21. The third-order valence-electron chi connectivity index (χ3n) is 1.93. The Bertz CT molecular complexity index is 341. The van der Waals surface area contributed by atoms with Crippen LogP contribution in [0.15, 0.2) is 24.3 Å². The lowest BCUT2D eigenvalue weighted by atomic mass is 10.1. The van der Waals surface area contributed by atoms with Crippen LogP contribution in [0.3, 0.4) is 0 Å². The van der Waals surface area contributed by atoms with Crippen LogP contribution in [0.4, 0.5) is 8.78 Å². The predicted molar refractivity (Wildman–Crippen MR) is 69.7 cm³/mol. The number of ether oxygens (including phenoxy) is 1. The Labute approximate surface area is 112 Å². The van der Waals surface area contributed by atoms with Crippen LogP contribution >= 0.6 is 34.2 Å². The topological polar surface area (TPSA) is 9.23 Å². The third kappa shape index (κ3) is 4.51. The van der Waals surface area contributed by atoms with E-state index < -0.39 is 12.5 Å². The molecule has 16 heavy (non-hydrogen) atoms. The van der Waals surface area contributed by atoms with Crippen molar-refractivity contribution < 1.29 is 13.5 Å². The Morgan fingerprint density at radius 1 is 1.44 bits per heavy atom. The zero-order valence-corrected chi connectivity index (χ0v) is 11.6. The number of alkyl halides is 3. The zero-order valence-electron chi connectivity index (χ0n) is 8.72. The van der Waals surface area contributed by atoms with Gasteiger partial charge in [-0.2, -0.15) is 0 Å². The second kappa shape index (κ2) is 6.12. The van der Waals surface area contributed by atoms with Gasteiger partial charge in [0.05, 0.1) is 6.10 Å². The largest absolute Gasteiger partial charge is 0.366 e. The van der Waals surface area contributed by atoms with Gasteiger partial charge in [0.25, 0.3) is 5.92 Å². The van der Waals surface area contributed by atoms with E-state index in [1.165, 1.54) is 0 Å². The molecule has 0 aliphatic carbocycles. The van der Waals surface area contributed by atoms with Crippen molar-refractivity contribution in [1.82, 2.24) is 0 Å². The van der Waals surface area contributed by atoms with Gasteiger partial charge in [0, 0.05) is 21.9 Å². The van der Waals surface area contributed by atoms with Gasteiger partial charge < -0.3 is 4.74 Å². The molecule has 0 spiro atoms. The summed E-state index contributed by atoms with van der Waals surface area (Å²) >= 11 is 8.07. The first kappa shape index (κ1) is 14.1. The minimum absolute atomic E-state index is 0.389. The minimum Gasteiger partial charge on any atom is -0.366 e. The molecule has 1 rings (SSSR count). The van der Waals surface area contributed by atoms with E-state index in [0.29, 0.717) is 9.45 Å². The first-order valence-electron chi connectivity index (χ1n) is 4.74. The average Bonchev–Trinajstić information content (AvgIpc) is 2.20. The molecule has 1 atom stereocenters. The second-order valence-electron chi connectivity index (χ2n) is 3.55. The maximum absolute atomic E-state index is 12.7. The number of halogens is 4. The molecule has 0 fully saturated rings. The molecule has 0 aliphatic heterocycles. The maximum atomic E-state index is 12.7. The number of hydrogen-bond donors (Lipinski definition) is 0. The Morgan fingerprint density at radius 2 is 2.06 bits per heavy atom. The summed E-state index contributed by atoms with van der Waals surface area (Å²) in [6, 6.07) is 7.13. The van der Waals surface area contributed by atoms with E-state index in [2.05, 4.69) is 22.6 Å². The van der Waals surface area contributed by atoms with E-state index in [1.54, 1.807) is 18.2 Å². The summed E-state index contributed by atoms with van der Waals surface area (Å²) in [6.45, 7) is 0.246. The normalized spacial score (nSPS) is 13.8. The molecule has 0 radical (unpaired) electrons. The Kier molecular flexibility index (Phi) is 5.40. The Balaban J connectivity index is 2.72. The van der Waals surface area contributed by atoms with E-state index >= 15 is 0 Å². The molecule has 0 aromatic heterocycles. The molecule has 0 amide bonds. The van der Waals surface area contributed by atoms with Gasteiger partial charge in [-0.15, -0.1) is 0 Å². The lowest BCUT2D eigenvalue weighted by Gasteiger charge is -2.19. The fourth-order valence-electron chi connectivity index (χ4n) is 1.20. The first-order valence-corrected chi connectivity index (χ1v) is 6.64. The van der Waals surface area contributed by atoms with Crippen LogP contribution in [0.25, 0.3) is 0 Å². The van der Waals surface area contributed by atoms with Gasteiger partial charge in [0.1, 0.15) is 6.61 Å². The van der Waals surface area contributed by atoms with Gasteiger partial charge in [-0.05, 0) is 6.07 Å². The van der Waals surface area contributed by atoms with Gasteiger partial charge in [0.2, 0.25) is 0 Å². The van der Waals surface area contributed by atoms with Crippen molar-refractivity contribution in [2.24, 2.45) is 0 Å². The van der Waals surface area contributed by atoms with Crippen molar-refractivity contribution in [3.8, 4) is 0 Å². The standard InChI is InChI=1S/C11H12ClF2IO/c1-11(13,14)7-16-10(6-15)8-4-2-3-5-9(8)12/h2-5,10H,6-7H2,1H3. The summed E-state index contributed by atoms with van der Waals surface area (Å²) in [7, 11) is 0. The third-order valence-corrected chi connectivity index (χ3v) is 3.07. The summed E-state index contributed by atoms with van der Waals surface area (Å²) in [6.07, 6.45) is -0.389. The summed E-state index contributed by atoms with van der Waals surface area (Å²) in [5, 5.41) is 0.545. The van der Waals surface area contributed by atoms with Crippen molar-refractivity contribution >= 4 is 34.2 Å². The average molecular weight is 361 g/mol. The van der Waals surface area contributed by atoms with Crippen molar-refractivity contribution in [2.75, 3.05) is 11.0 Å². The maximum Gasteiger partial charge on any atom is 0.268 e. The first-order chi connectivity index (χ1) is 7.44. The number of benzene rings is 1. The van der Waals surface area contributed by atoms with Gasteiger partial charge in [0.15, 0.2) is 0 Å². The summed E-state index contributed by atoms with van der Waals surface area (Å²) in [4.78, 5) is 0. The molecule has 90 valence electrons. The minimum atomic E-state index is -2.81. The lowest BCUT2D eigenvalue weighted by molar-refractivity contribution is -0.0824. The van der Waals surface area contributed by atoms with Crippen LogP contribution < -0.4 is 0 Å². The molecule has 5 heteroatoms. The van der Waals surface area contributed by atoms with E-state index in [0.717, 1.165) is 12.5 Å². The predicted octanol–water partition coefficient (Wildman–Crippen LogP) is 4.49.